The zero-order valence-corrected chi connectivity index (χ0v) is 23.7. The molecule has 0 spiro atoms. The summed E-state index contributed by atoms with van der Waals surface area (Å²) in [5.41, 5.74) is 10.1. The van der Waals surface area contributed by atoms with Gasteiger partial charge < -0.3 is 15.7 Å². The highest BCUT2D eigenvalue weighted by atomic mass is 16.4. The van der Waals surface area contributed by atoms with E-state index in [4.69, 9.17) is 11.1 Å². The van der Waals surface area contributed by atoms with Gasteiger partial charge in [0.2, 0.25) is 5.91 Å². The van der Waals surface area contributed by atoms with Crippen LogP contribution in [-0.4, -0.2) is 46.2 Å². The van der Waals surface area contributed by atoms with Crippen molar-refractivity contribution < 1.29 is 19.5 Å². The van der Waals surface area contributed by atoms with Gasteiger partial charge in [-0.05, 0) is 40.8 Å². The number of amides is 2. The van der Waals surface area contributed by atoms with Crippen molar-refractivity contribution in [1.82, 2.24) is 4.90 Å². The predicted octanol–water partition coefficient (Wildman–Crippen LogP) is 5.58. The van der Waals surface area contributed by atoms with E-state index in [1.54, 1.807) is 36.1 Å². The minimum absolute atomic E-state index is 0.0143. The molecule has 0 bridgehead atoms. The average molecular weight is 573 g/mol. The van der Waals surface area contributed by atoms with E-state index in [1.165, 1.54) is 4.90 Å². The molecule has 2 amide bonds. The Balaban J connectivity index is 1.65. The molecule has 0 fully saturated rings. The number of amidine groups is 1. The first kappa shape index (κ1) is 29.0. The number of nitrogen functional groups attached to an aromatic ring is 1. The second-order valence-electron chi connectivity index (χ2n) is 10.3. The number of carboxylic acids is 1. The van der Waals surface area contributed by atoms with Gasteiger partial charge in [-0.3, -0.25) is 19.9 Å². The molecule has 1 atom stereocenters. The molecule has 1 heterocycles. The number of carbonyl (C=O) groups excluding carboxylic acids is 2. The maximum absolute atomic E-state index is 14.1. The number of hydrogen-bond donors (Lipinski definition) is 3. The second-order valence-corrected chi connectivity index (χ2v) is 10.3. The van der Waals surface area contributed by atoms with Gasteiger partial charge in [-0.2, -0.15) is 0 Å². The lowest BCUT2D eigenvalue weighted by atomic mass is 9.95. The predicted molar refractivity (Wildman–Crippen MR) is 168 cm³/mol. The SMILES string of the molecule is CCC(C(=O)O)N1CC(=O)N(C(c2ccccc2)c2ccccc2)c2ccc(C=Cc3ccc(C(=N)N)cc3)cc2C1=O. The zero-order chi connectivity index (χ0) is 30.5. The summed E-state index contributed by atoms with van der Waals surface area (Å²) in [6, 6.07) is 30.0. The molecule has 0 radical (unpaired) electrons. The molecular weight excluding hydrogens is 540 g/mol. The van der Waals surface area contributed by atoms with E-state index in [9.17, 15) is 19.5 Å². The van der Waals surface area contributed by atoms with Crippen LogP contribution < -0.4 is 10.6 Å². The molecule has 8 heteroatoms. The van der Waals surface area contributed by atoms with Crippen molar-refractivity contribution >= 4 is 41.5 Å². The first-order chi connectivity index (χ1) is 20.8. The number of carboxylic acid groups (broad SMARTS) is 1. The van der Waals surface area contributed by atoms with Crippen molar-refractivity contribution in [2.45, 2.75) is 25.4 Å². The third-order valence-electron chi connectivity index (χ3n) is 7.57. The van der Waals surface area contributed by atoms with Crippen LogP contribution in [0.2, 0.25) is 0 Å². The van der Waals surface area contributed by atoms with Gasteiger partial charge in [0.1, 0.15) is 18.4 Å². The Labute approximate surface area is 250 Å². The van der Waals surface area contributed by atoms with Crippen LogP contribution in [0.25, 0.3) is 12.2 Å². The van der Waals surface area contributed by atoms with E-state index < -0.39 is 24.0 Å². The summed E-state index contributed by atoms with van der Waals surface area (Å²) in [5, 5.41) is 17.6. The fourth-order valence-electron chi connectivity index (χ4n) is 5.41. The Bertz CT molecular complexity index is 1640. The number of nitrogens with one attached hydrogen (secondary N) is 1. The van der Waals surface area contributed by atoms with E-state index in [0.29, 0.717) is 16.8 Å². The van der Waals surface area contributed by atoms with Crippen molar-refractivity contribution in [2.24, 2.45) is 5.73 Å². The minimum atomic E-state index is -1.16. The third-order valence-corrected chi connectivity index (χ3v) is 7.57. The van der Waals surface area contributed by atoms with Gasteiger partial charge in [-0.1, -0.05) is 110 Å². The Hall–Kier alpha value is -5.50. The van der Waals surface area contributed by atoms with Gasteiger partial charge in [-0.15, -0.1) is 0 Å². The first-order valence-electron chi connectivity index (χ1n) is 14.0. The second kappa shape index (κ2) is 12.6. The standard InChI is InChI=1S/C35H32N4O4/c1-2-29(35(42)43)38-22-31(40)39(32(25-9-5-3-6-10-25)26-11-7-4-8-12-26)30-20-17-24(21-28(30)34(38)41)14-13-23-15-18-27(19-16-23)33(36)37/h3-21,29,32H,2,22H2,1H3,(H3,36,37)(H,42,43). The van der Waals surface area contributed by atoms with Crippen LogP contribution in [0.3, 0.4) is 0 Å². The number of rotatable bonds is 9. The van der Waals surface area contributed by atoms with Crippen LogP contribution in [0.1, 0.15) is 57.6 Å². The van der Waals surface area contributed by atoms with Crippen molar-refractivity contribution in [3.8, 4) is 0 Å². The van der Waals surface area contributed by atoms with E-state index >= 15 is 0 Å². The zero-order valence-electron chi connectivity index (χ0n) is 23.7. The van der Waals surface area contributed by atoms with Crippen LogP contribution >= 0.6 is 0 Å². The van der Waals surface area contributed by atoms with Crippen molar-refractivity contribution in [3.05, 3.63) is 137 Å². The number of benzene rings is 4. The molecule has 8 nitrogen and oxygen atoms in total. The summed E-state index contributed by atoms with van der Waals surface area (Å²) in [6.45, 7) is 1.32. The van der Waals surface area contributed by atoms with Crippen LogP contribution in [0.5, 0.6) is 0 Å². The Morgan fingerprint density at radius 1 is 0.884 bits per heavy atom. The van der Waals surface area contributed by atoms with Gasteiger partial charge >= 0.3 is 5.97 Å². The fraction of sp³-hybridized carbons (Fsp3) is 0.143. The molecule has 5 rings (SSSR count). The number of carbonyl (C=O) groups is 3. The van der Waals surface area contributed by atoms with Crippen LogP contribution in [-0.2, 0) is 9.59 Å². The molecule has 1 aliphatic heterocycles. The Morgan fingerprint density at radius 2 is 1.44 bits per heavy atom. The molecule has 0 saturated carbocycles. The molecule has 1 aliphatic rings. The summed E-state index contributed by atoms with van der Waals surface area (Å²) in [5.74, 6) is -2.06. The van der Waals surface area contributed by atoms with Crippen molar-refractivity contribution in [2.75, 3.05) is 11.4 Å². The molecule has 4 aromatic carbocycles. The summed E-state index contributed by atoms with van der Waals surface area (Å²) in [4.78, 5) is 43.2. The first-order valence-corrected chi connectivity index (χ1v) is 14.0. The summed E-state index contributed by atoms with van der Waals surface area (Å²) in [6.07, 6.45) is 3.87. The lowest BCUT2D eigenvalue weighted by Gasteiger charge is -2.33. The normalized spacial score (nSPS) is 14.1. The molecular formula is C35H32N4O4. The fourth-order valence-corrected chi connectivity index (χ4v) is 5.41. The molecule has 4 N–H and O–H groups in total. The largest absolute Gasteiger partial charge is 0.480 e. The molecule has 0 aliphatic carbocycles. The summed E-state index contributed by atoms with van der Waals surface area (Å²) < 4.78 is 0. The quantitative estimate of drug-likeness (QED) is 0.137. The monoisotopic (exact) mass is 572 g/mol. The van der Waals surface area contributed by atoms with Gasteiger partial charge in [0.25, 0.3) is 5.91 Å². The van der Waals surface area contributed by atoms with Crippen LogP contribution in [0, 0.1) is 5.41 Å². The highest BCUT2D eigenvalue weighted by molar-refractivity contribution is 6.11. The molecule has 0 saturated heterocycles. The average Bonchev–Trinajstić information content (AvgIpc) is 3.12. The Morgan fingerprint density at radius 3 is 1.98 bits per heavy atom. The van der Waals surface area contributed by atoms with Gasteiger partial charge in [0.15, 0.2) is 0 Å². The topological polar surface area (TPSA) is 128 Å². The van der Waals surface area contributed by atoms with Crippen molar-refractivity contribution in [3.63, 3.8) is 0 Å². The van der Waals surface area contributed by atoms with Crippen LogP contribution in [0.4, 0.5) is 5.69 Å². The van der Waals surface area contributed by atoms with Gasteiger partial charge in [0.05, 0.1) is 17.3 Å². The number of hydrogen-bond acceptors (Lipinski definition) is 4. The van der Waals surface area contributed by atoms with Gasteiger partial charge in [-0.25, -0.2) is 4.79 Å². The highest BCUT2D eigenvalue weighted by Gasteiger charge is 2.40. The number of nitrogens with two attached hydrogens (primary N) is 1. The summed E-state index contributed by atoms with van der Waals surface area (Å²) >= 11 is 0. The highest BCUT2D eigenvalue weighted by Crippen LogP contribution is 2.38. The molecule has 216 valence electrons. The molecule has 1 unspecified atom stereocenters. The lowest BCUT2D eigenvalue weighted by molar-refractivity contribution is -0.142. The maximum Gasteiger partial charge on any atom is 0.326 e. The number of aliphatic carboxylic acids is 1. The molecule has 4 aromatic rings. The summed E-state index contributed by atoms with van der Waals surface area (Å²) in [7, 11) is 0. The number of fused-ring (bicyclic) bond motifs is 1. The van der Waals surface area contributed by atoms with E-state index in [2.05, 4.69) is 0 Å². The molecule has 0 aromatic heterocycles. The minimum Gasteiger partial charge on any atom is -0.480 e. The smallest absolute Gasteiger partial charge is 0.326 e. The maximum atomic E-state index is 14.1. The Kier molecular flexibility index (Phi) is 8.48. The third kappa shape index (κ3) is 6.08. The van der Waals surface area contributed by atoms with Gasteiger partial charge in [0, 0.05) is 5.56 Å². The molecule has 43 heavy (non-hydrogen) atoms. The van der Waals surface area contributed by atoms with E-state index in [-0.39, 0.29) is 30.3 Å². The van der Waals surface area contributed by atoms with Crippen LogP contribution in [0.15, 0.2) is 103 Å². The number of nitrogens with zero attached hydrogens (tertiary/aromatic N) is 2. The van der Waals surface area contributed by atoms with Crippen molar-refractivity contribution in [1.29, 1.82) is 5.41 Å². The van der Waals surface area contributed by atoms with E-state index in [1.807, 2.05) is 91.0 Å². The lowest BCUT2D eigenvalue weighted by Crippen LogP contribution is -2.48. The number of anilines is 1. The van der Waals surface area contributed by atoms with E-state index in [0.717, 1.165) is 16.7 Å².